The van der Waals surface area contributed by atoms with Crippen molar-refractivity contribution >= 4 is 10.9 Å². The van der Waals surface area contributed by atoms with Crippen molar-refractivity contribution in [2.75, 3.05) is 13.1 Å². The second kappa shape index (κ2) is 6.02. The largest absolute Gasteiger partial charge is 0.361 e. The Labute approximate surface area is 140 Å². The van der Waals surface area contributed by atoms with Gasteiger partial charge in [-0.2, -0.15) is 0 Å². The van der Waals surface area contributed by atoms with Gasteiger partial charge in [0.1, 0.15) is 18.0 Å². The van der Waals surface area contributed by atoms with Gasteiger partial charge in [0.05, 0.1) is 6.04 Å². The first-order chi connectivity index (χ1) is 11.6. The lowest BCUT2D eigenvalue weighted by atomic mass is 9.88. The third-order valence-corrected chi connectivity index (χ3v) is 5.31. The van der Waals surface area contributed by atoms with Crippen molar-refractivity contribution in [2.24, 2.45) is 7.05 Å². The second-order valence-corrected chi connectivity index (χ2v) is 6.72. The zero-order valence-corrected chi connectivity index (χ0v) is 14.0. The van der Waals surface area contributed by atoms with Crippen molar-refractivity contribution in [3.05, 3.63) is 47.9 Å². The van der Waals surface area contributed by atoms with E-state index in [1.807, 2.05) is 17.7 Å². The minimum atomic E-state index is -0.191. The van der Waals surface area contributed by atoms with E-state index in [2.05, 4.69) is 33.2 Å². The molecule has 3 aromatic rings. The SMILES string of the molecule is CC(c1nncn1C)N1CCC(c2c[nH]c3cc(F)ccc23)CC1. The fourth-order valence-electron chi connectivity index (χ4n) is 3.89. The van der Waals surface area contributed by atoms with Crippen LogP contribution in [0.1, 0.15) is 43.1 Å². The highest BCUT2D eigenvalue weighted by molar-refractivity contribution is 5.83. The number of piperidine rings is 1. The first-order valence-corrected chi connectivity index (χ1v) is 8.48. The van der Waals surface area contributed by atoms with E-state index in [-0.39, 0.29) is 11.9 Å². The zero-order chi connectivity index (χ0) is 16.7. The van der Waals surface area contributed by atoms with Crippen LogP contribution in [0.3, 0.4) is 0 Å². The van der Waals surface area contributed by atoms with Crippen molar-refractivity contribution in [2.45, 2.75) is 31.7 Å². The molecule has 0 aliphatic carbocycles. The predicted molar refractivity (Wildman–Crippen MR) is 91.2 cm³/mol. The summed E-state index contributed by atoms with van der Waals surface area (Å²) in [7, 11) is 1.99. The standard InChI is InChI=1S/C18H22FN5/c1-12(18-22-21-11-23(18)2)24-7-5-13(6-8-24)16-10-20-17-9-14(19)3-4-15(16)17/h3-4,9-13,20H,5-8H2,1-2H3. The molecule has 1 unspecified atom stereocenters. The summed E-state index contributed by atoms with van der Waals surface area (Å²) in [6.07, 6.45) is 6.01. The van der Waals surface area contributed by atoms with Gasteiger partial charge in [0.2, 0.25) is 0 Å². The first-order valence-electron chi connectivity index (χ1n) is 8.48. The zero-order valence-electron chi connectivity index (χ0n) is 14.0. The molecule has 1 aromatic carbocycles. The summed E-state index contributed by atoms with van der Waals surface area (Å²) in [5, 5.41) is 9.38. The molecule has 5 nitrogen and oxygen atoms in total. The highest BCUT2D eigenvalue weighted by Gasteiger charge is 2.27. The third-order valence-electron chi connectivity index (χ3n) is 5.31. The van der Waals surface area contributed by atoms with Gasteiger partial charge in [0.15, 0.2) is 0 Å². The predicted octanol–water partition coefficient (Wildman–Crippen LogP) is 3.38. The van der Waals surface area contributed by atoms with E-state index in [1.165, 1.54) is 5.56 Å². The van der Waals surface area contributed by atoms with Gasteiger partial charge in [-0.3, -0.25) is 4.90 Å². The smallest absolute Gasteiger partial charge is 0.149 e. The van der Waals surface area contributed by atoms with Crippen molar-refractivity contribution in [3.8, 4) is 0 Å². The number of aryl methyl sites for hydroxylation is 1. The monoisotopic (exact) mass is 327 g/mol. The number of rotatable bonds is 3. The molecule has 1 fully saturated rings. The Morgan fingerprint density at radius 2 is 2.08 bits per heavy atom. The molecule has 3 heterocycles. The van der Waals surface area contributed by atoms with E-state index in [0.717, 1.165) is 42.7 Å². The van der Waals surface area contributed by atoms with E-state index < -0.39 is 0 Å². The van der Waals surface area contributed by atoms with E-state index >= 15 is 0 Å². The second-order valence-electron chi connectivity index (χ2n) is 6.72. The van der Waals surface area contributed by atoms with Gasteiger partial charge in [0.25, 0.3) is 0 Å². The number of aromatic nitrogens is 4. The average molecular weight is 327 g/mol. The number of hydrogen-bond acceptors (Lipinski definition) is 3. The summed E-state index contributed by atoms with van der Waals surface area (Å²) in [5.41, 5.74) is 2.20. The molecule has 1 aliphatic rings. The maximum absolute atomic E-state index is 13.4. The number of likely N-dealkylation sites (tertiary alicyclic amines) is 1. The lowest BCUT2D eigenvalue weighted by molar-refractivity contribution is 0.155. The Morgan fingerprint density at radius 1 is 1.29 bits per heavy atom. The highest BCUT2D eigenvalue weighted by atomic mass is 19.1. The molecule has 1 atom stereocenters. The normalized spacial score (nSPS) is 18.3. The summed E-state index contributed by atoms with van der Waals surface area (Å²) in [5.74, 6) is 1.34. The summed E-state index contributed by atoms with van der Waals surface area (Å²) in [6.45, 7) is 4.26. The van der Waals surface area contributed by atoms with Crippen LogP contribution >= 0.6 is 0 Å². The number of fused-ring (bicyclic) bond motifs is 1. The highest BCUT2D eigenvalue weighted by Crippen LogP contribution is 2.35. The Bertz CT molecular complexity index is 844. The van der Waals surface area contributed by atoms with Crippen molar-refractivity contribution in [1.29, 1.82) is 0 Å². The molecule has 0 radical (unpaired) electrons. The maximum atomic E-state index is 13.4. The molecule has 126 valence electrons. The van der Waals surface area contributed by atoms with Crippen LogP contribution in [0.5, 0.6) is 0 Å². The number of halogens is 1. The van der Waals surface area contributed by atoms with Crippen LogP contribution < -0.4 is 0 Å². The molecule has 6 heteroatoms. The average Bonchev–Trinajstić information content (AvgIpc) is 3.20. The molecule has 0 saturated carbocycles. The van der Waals surface area contributed by atoms with Gasteiger partial charge >= 0.3 is 0 Å². The third kappa shape index (κ3) is 2.60. The molecule has 0 amide bonds. The van der Waals surface area contributed by atoms with E-state index in [1.54, 1.807) is 18.5 Å². The van der Waals surface area contributed by atoms with Crippen molar-refractivity contribution in [1.82, 2.24) is 24.6 Å². The minimum Gasteiger partial charge on any atom is -0.361 e. The molecule has 24 heavy (non-hydrogen) atoms. The molecule has 0 bridgehead atoms. The molecule has 0 spiro atoms. The van der Waals surface area contributed by atoms with E-state index in [0.29, 0.717) is 5.92 Å². The number of H-pyrrole nitrogens is 1. The van der Waals surface area contributed by atoms with Crippen molar-refractivity contribution in [3.63, 3.8) is 0 Å². The fourth-order valence-corrected chi connectivity index (χ4v) is 3.89. The molecule has 1 saturated heterocycles. The molecule has 4 rings (SSSR count). The lowest BCUT2D eigenvalue weighted by Crippen LogP contribution is -2.36. The van der Waals surface area contributed by atoms with Crippen LogP contribution in [0.4, 0.5) is 4.39 Å². The maximum Gasteiger partial charge on any atom is 0.149 e. The fraction of sp³-hybridized carbons (Fsp3) is 0.444. The molecular formula is C18H22FN5. The summed E-state index contributed by atoms with van der Waals surface area (Å²) in [4.78, 5) is 5.68. The van der Waals surface area contributed by atoms with Crippen LogP contribution in [0.2, 0.25) is 0 Å². The van der Waals surface area contributed by atoms with Crippen LogP contribution in [-0.2, 0) is 7.05 Å². The number of hydrogen-bond donors (Lipinski definition) is 1. The van der Waals surface area contributed by atoms with Gasteiger partial charge in [-0.25, -0.2) is 4.39 Å². The van der Waals surface area contributed by atoms with Gasteiger partial charge in [-0.05, 0) is 62.5 Å². The lowest BCUT2D eigenvalue weighted by Gasteiger charge is -2.35. The Kier molecular flexibility index (Phi) is 3.84. The summed E-state index contributed by atoms with van der Waals surface area (Å²) in [6, 6.07) is 5.29. The number of nitrogens with one attached hydrogen (secondary N) is 1. The van der Waals surface area contributed by atoms with E-state index in [9.17, 15) is 4.39 Å². The van der Waals surface area contributed by atoms with Gasteiger partial charge in [-0.1, -0.05) is 0 Å². The minimum absolute atomic E-state index is 0.191. The van der Waals surface area contributed by atoms with Crippen LogP contribution in [0.25, 0.3) is 10.9 Å². The van der Waals surface area contributed by atoms with Gasteiger partial charge in [0, 0.05) is 24.1 Å². The van der Waals surface area contributed by atoms with Crippen LogP contribution in [0.15, 0.2) is 30.7 Å². The van der Waals surface area contributed by atoms with Gasteiger partial charge in [-0.15, -0.1) is 10.2 Å². The number of benzene rings is 1. The van der Waals surface area contributed by atoms with E-state index in [4.69, 9.17) is 0 Å². The van der Waals surface area contributed by atoms with Crippen LogP contribution in [-0.4, -0.2) is 37.7 Å². The Morgan fingerprint density at radius 3 is 2.79 bits per heavy atom. The summed E-state index contributed by atoms with van der Waals surface area (Å²) >= 11 is 0. The summed E-state index contributed by atoms with van der Waals surface area (Å²) < 4.78 is 15.3. The molecule has 1 N–H and O–H groups in total. The molecular weight excluding hydrogens is 305 g/mol. The molecule has 2 aromatic heterocycles. The first kappa shape index (κ1) is 15.3. The Balaban J connectivity index is 1.48. The van der Waals surface area contributed by atoms with Crippen LogP contribution in [0, 0.1) is 5.82 Å². The number of aromatic amines is 1. The number of nitrogens with zero attached hydrogens (tertiary/aromatic N) is 4. The van der Waals surface area contributed by atoms with Crippen molar-refractivity contribution < 1.29 is 4.39 Å². The Hall–Kier alpha value is -2.21. The quantitative estimate of drug-likeness (QED) is 0.802. The molecule has 1 aliphatic heterocycles. The topological polar surface area (TPSA) is 49.7 Å². The van der Waals surface area contributed by atoms with Gasteiger partial charge < -0.3 is 9.55 Å².